The van der Waals surface area contributed by atoms with Gasteiger partial charge in [-0.3, -0.25) is 4.57 Å². The SMILES string of the molecule is COP(=O)([O-])OCCC[Si](O)(O)O. The van der Waals surface area contributed by atoms with Crippen LogP contribution >= 0.6 is 7.82 Å². The van der Waals surface area contributed by atoms with Crippen LogP contribution in [0.15, 0.2) is 0 Å². The van der Waals surface area contributed by atoms with Crippen LogP contribution in [0, 0.1) is 0 Å². The Hall–Kier alpha value is 0.207. The summed E-state index contributed by atoms with van der Waals surface area (Å²) in [6, 6.07) is -0.267. The van der Waals surface area contributed by atoms with Gasteiger partial charge in [0.15, 0.2) is 0 Å². The van der Waals surface area contributed by atoms with Crippen LogP contribution in [-0.4, -0.2) is 36.9 Å². The van der Waals surface area contributed by atoms with E-state index in [4.69, 9.17) is 14.4 Å². The molecule has 0 spiro atoms. The first-order valence-corrected chi connectivity index (χ1v) is 6.96. The van der Waals surface area contributed by atoms with Crippen LogP contribution in [-0.2, 0) is 13.6 Å². The summed E-state index contributed by atoms with van der Waals surface area (Å²) in [6.07, 6.45) is 0.0330. The first-order chi connectivity index (χ1) is 5.77. The molecule has 0 bridgehead atoms. The highest BCUT2D eigenvalue weighted by atomic mass is 31.2. The maximum absolute atomic E-state index is 10.5. The molecular weight excluding hydrogens is 219 g/mol. The molecule has 0 aliphatic carbocycles. The van der Waals surface area contributed by atoms with E-state index in [0.29, 0.717) is 0 Å². The van der Waals surface area contributed by atoms with Gasteiger partial charge < -0.3 is 28.3 Å². The van der Waals surface area contributed by atoms with Crippen molar-refractivity contribution in [2.24, 2.45) is 0 Å². The van der Waals surface area contributed by atoms with E-state index >= 15 is 0 Å². The highest BCUT2D eigenvalue weighted by Crippen LogP contribution is 2.36. The Morgan fingerprint density at radius 3 is 2.38 bits per heavy atom. The van der Waals surface area contributed by atoms with E-state index in [1.54, 1.807) is 0 Å². The van der Waals surface area contributed by atoms with Crippen LogP contribution in [0.5, 0.6) is 0 Å². The molecule has 7 nitrogen and oxygen atoms in total. The average Bonchev–Trinajstić information content (AvgIpc) is 1.97. The van der Waals surface area contributed by atoms with Crippen molar-refractivity contribution in [1.82, 2.24) is 0 Å². The van der Waals surface area contributed by atoms with Crippen LogP contribution in [0.1, 0.15) is 6.42 Å². The first kappa shape index (κ1) is 13.2. The van der Waals surface area contributed by atoms with Crippen LogP contribution in [0.4, 0.5) is 0 Å². The third-order valence-electron chi connectivity index (χ3n) is 1.13. The van der Waals surface area contributed by atoms with Crippen LogP contribution < -0.4 is 4.89 Å². The topological polar surface area (TPSA) is 119 Å². The minimum atomic E-state index is -4.23. The molecule has 3 N–H and O–H groups in total. The molecule has 0 aromatic carbocycles. The number of phosphoric acid groups is 1. The van der Waals surface area contributed by atoms with Gasteiger partial charge in [-0.05, 0) is 6.42 Å². The van der Waals surface area contributed by atoms with Gasteiger partial charge in [-0.25, -0.2) is 0 Å². The van der Waals surface area contributed by atoms with Crippen molar-refractivity contribution >= 4 is 16.6 Å². The summed E-state index contributed by atoms with van der Waals surface area (Å²) in [5, 5.41) is 0. The second kappa shape index (κ2) is 5.18. The van der Waals surface area contributed by atoms with Gasteiger partial charge in [0.05, 0.1) is 6.61 Å². The standard InChI is InChI=1S/C4H13O7PSi/c1-10-12(5,6)11-3-2-4-13(7,8)9/h7-9H,2-4H2,1H3,(H,5,6)/p-1. The van der Waals surface area contributed by atoms with Gasteiger partial charge in [-0.1, -0.05) is 0 Å². The number of rotatable bonds is 6. The maximum atomic E-state index is 10.5. The lowest BCUT2D eigenvalue weighted by Crippen LogP contribution is -2.34. The third-order valence-corrected chi connectivity index (χ3v) is 3.10. The predicted octanol–water partition coefficient (Wildman–Crippen LogP) is -1.58. The molecule has 0 aromatic heterocycles. The molecule has 9 heteroatoms. The molecular formula is C4H12O7PSi-. The molecule has 0 aliphatic heterocycles. The summed E-state index contributed by atoms with van der Waals surface area (Å²) in [5.41, 5.74) is 0. The van der Waals surface area contributed by atoms with Crippen molar-refractivity contribution in [3.05, 3.63) is 0 Å². The Balaban J connectivity index is 3.53. The van der Waals surface area contributed by atoms with Crippen molar-refractivity contribution in [3.63, 3.8) is 0 Å². The average molecular weight is 231 g/mol. The van der Waals surface area contributed by atoms with E-state index < -0.39 is 16.6 Å². The zero-order chi connectivity index (χ0) is 10.5. The van der Waals surface area contributed by atoms with Gasteiger partial charge in [0.2, 0.25) is 0 Å². The normalized spacial score (nSPS) is 17.0. The van der Waals surface area contributed by atoms with Crippen LogP contribution in [0.25, 0.3) is 0 Å². The molecule has 0 amide bonds. The monoisotopic (exact) mass is 231 g/mol. The molecule has 0 heterocycles. The molecule has 0 saturated carbocycles. The third kappa shape index (κ3) is 8.53. The summed E-state index contributed by atoms with van der Waals surface area (Å²) in [4.78, 5) is 36.1. The summed E-state index contributed by atoms with van der Waals surface area (Å²) in [6.45, 7) is -0.245. The molecule has 13 heavy (non-hydrogen) atoms. The van der Waals surface area contributed by atoms with Gasteiger partial charge in [-0.15, -0.1) is 0 Å². The number of phosphoric ester groups is 1. The van der Waals surface area contributed by atoms with Crippen LogP contribution in [0.3, 0.4) is 0 Å². The van der Waals surface area contributed by atoms with Crippen molar-refractivity contribution in [1.29, 1.82) is 0 Å². The maximum Gasteiger partial charge on any atom is 0.492 e. The molecule has 1 atom stereocenters. The highest BCUT2D eigenvalue weighted by molar-refractivity contribution is 7.45. The van der Waals surface area contributed by atoms with E-state index in [-0.39, 0.29) is 19.1 Å². The molecule has 0 aliphatic rings. The van der Waals surface area contributed by atoms with E-state index in [2.05, 4.69) is 9.05 Å². The minimum absolute atomic E-state index is 0.0330. The first-order valence-electron chi connectivity index (χ1n) is 3.45. The minimum Gasteiger partial charge on any atom is -0.756 e. The molecule has 0 fully saturated rings. The highest BCUT2D eigenvalue weighted by Gasteiger charge is 2.25. The van der Waals surface area contributed by atoms with E-state index in [1.165, 1.54) is 0 Å². The Morgan fingerprint density at radius 1 is 1.46 bits per heavy atom. The Bertz CT molecular complexity index is 189. The Morgan fingerprint density at radius 2 is 2.00 bits per heavy atom. The van der Waals surface area contributed by atoms with Crippen molar-refractivity contribution in [2.45, 2.75) is 12.5 Å². The smallest absolute Gasteiger partial charge is 0.492 e. The lowest BCUT2D eigenvalue weighted by atomic mass is 10.5. The van der Waals surface area contributed by atoms with Gasteiger partial charge >= 0.3 is 8.80 Å². The molecule has 80 valence electrons. The Kier molecular flexibility index (Phi) is 5.26. The van der Waals surface area contributed by atoms with Gasteiger partial charge in [-0.2, -0.15) is 0 Å². The van der Waals surface area contributed by atoms with Crippen molar-refractivity contribution < 1.29 is 32.9 Å². The summed E-state index contributed by atoms with van der Waals surface area (Å²) in [5.74, 6) is 0. The quantitative estimate of drug-likeness (QED) is 0.287. The summed E-state index contributed by atoms with van der Waals surface area (Å²) in [7, 11) is -7.36. The fraction of sp³-hybridized carbons (Fsp3) is 1.00. The lowest BCUT2D eigenvalue weighted by Gasteiger charge is -2.20. The fourth-order valence-corrected chi connectivity index (χ4v) is 1.62. The van der Waals surface area contributed by atoms with Crippen LogP contribution in [0.2, 0.25) is 6.04 Å². The predicted molar refractivity (Wildman–Crippen MR) is 42.4 cm³/mol. The van der Waals surface area contributed by atoms with Crippen molar-refractivity contribution in [3.8, 4) is 0 Å². The Labute approximate surface area is 76.5 Å². The zero-order valence-corrected chi connectivity index (χ0v) is 8.94. The summed E-state index contributed by atoms with van der Waals surface area (Å²) >= 11 is 0. The van der Waals surface area contributed by atoms with Gasteiger partial charge in [0.25, 0.3) is 7.82 Å². The van der Waals surface area contributed by atoms with E-state index in [9.17, 15) is 9.46 Å². The number of hydrogen-bond acceptors (Lipinski definition) is 7. The zero-order valence-electron chi connectivity index (χ0n) is 7.04. The lowest BCUT2D eigenvalue weighted by molar-refractivity contribution is -0.222. The molecule has 0 aromatic rings. The van der Waals surface area contributed by atoms with E-state index in [0.717, 1.165) is 7.11 Å². The number of hydrogen-bond donors (Lipinski definition) is 3. The van der Waals surface area contributed by atoms with E-state index in [1.807, 2.05) is 0 Å². The van der Waals surface area contributed by atoms with Crippen molar-refractivity contribution in [2.75, 3.05) is 13.7 Å². The molecule has 0 radical (unpaired) electrons. The largest absolute Gasteiger partial charge is 0.756 e. The fourth-order valence-electron chi connectivity index (χ4n) is 0.538. The second-order valence-corrected chi connectivity index (χ2v) is 5.91. The van der Waals surface area contributed by atoms with Gasteiger partial charge in [0, 0.05) is 13.2 Å². The summed E-state index contributed by atoms with van der Waals surface area (Å²) < 4.78 is 18.7. The van der Waals surface area contributed by atoms with Gasteiger partial charge in [0.1, 0.15) is 0 Å². The molecule has 1 unspecified atom stereocenters. The second-order valence-electron chi connectivity index (χ2n) is 2.34. The molecule has 0 saturated heterocycles. The molecule has 0 rings (SSSR count).